The molecule has 0 aromatic carbocycles. The molecule has 0 spiro atoms. The van der Waals surface area contributed by atoms with E-state index in [4.69, 9.17) is 9.47 Å². The maximum absolute atomic E-state index is 5.72. The molecule has 0 bridgehead atoms. The molecular weight excluding hydrogens is 279 g/mol. The predicted molar refractivity (Wildman–Crippen MR) is 62.5 cm³/mol. The Hall–Kier alpha value is 0.650. The fourth-order valence-electron chi connectivity index (χ4n) is 1.76. The van der Waals surface area contributed by atoms with Gasteiger partial charge in [0.2, 0.25) is 0 Å². The Morgan fingerprint density at radius 1 is 1.54 bits per heavy atom. The number of alkyl halides is 1. The van der Waals surface area contributed by atoms with E-state index < -0.39 is 0 Å². The van der Waals surface area contributed by atoms with Crippen LogP contribution in [0.4, 0.5) is 0 Å². The van der Waals surface area contributed by atoms with Crippen LogP contribution in [0, 0.1) is 5.41 Å². The lowest BCUT2D eigenvalue weighted by molar-refractivity contribution is 0.0346. The number of ether oxygens (including phenoxy) is 2. The second-order valence-electron chi connectivity index (χ2n) is 3.78. The summed E-state index contributed by atoms with van der Waals surface area (Å²) in [4.78, 5) is 0. The van der Waals surface area contributed by atoms with E-state index in [9.17, 15) is 0 Å². The second kappa shape index (κ2) is 5.51. The van der Waals surface area contributed by atoms with Crippen molar-refractivity contribution < 1.29 is 9.47 Å². The molecule has 78 valence electrons. The molecule has 1 fully saturated rings. The second-order valence-corrected chi connectivity index (χ2v) is 4.66. The van der Waals surface area contributed by atoms with Crippen LogP contribution in [-0.4, -0.2) is 30.4 Å². The van der Waals surface area contributed by atoms with Crippen molar-refractivity contribution in [3.05, 3.63) is 0 Å². The Labute approximate surface area is 94.5 Å². The Morgan fingerprint density at radius 2 is 2.31 bits per heavy atom. The molecule has 1 rings (SSSR count). The fraction of sp³-hybridized carbons (Fsp3) is 1.00. The highest BCUT2D eigenvalue weighted by molar-refractivity contribution is 14.1. The lowest BCUT2D eigenvalue weighted by Crippen LogP contribution is -2.27. The zero-order valence-corrected chi connectivity index (χ0v) is 10.7. The number of hydrogen-bond acceptors (Lipinski definition) is 2. The van der Waals surface area contributed by atoms with Crippen LogP contribution in [0.15, 0.2) is 0 Å². The molecule has 0 saturated carbocycles. The van der Waals surface area contributed by atoms with Crippen LogP contribution in [-0.2, 0) is 9.47 Å². The Balaban J connectivity index is 2.42. The van der Waals surface area contributed by atoms with Crippen LogP contribution in [0.25, 0.3) is 0 Å². The van der Waals surface area contributed by atoms with Gasteiger partial charge in [-0.3, -0.25) is 0 Å². The van der Waals surface area contributed by atoms with Gasteiger partial charge in [0, 0.05) is 16.4 Å². The molecule has 1 aliphatic rings. The summed E-state index contributed by atoms with van der Waals surface area (Å²) in [6.07, 6.45) is 2.80. The molecule has 13 heavy (non-hydrogen) atoms. The molecule has 1 aliphatic heterocycles. The maximum atomic E-state index is 5.72. The molecule has 2 unspecified atom stereocenters. The molecule has 1 heterocycles. The molecule has 0 aromatic rings. The summed E-state index contributed by atoms with van der Waals surface area (Å²) < 4.78 is 12.3. The quantitative estimate of drug-likeness (QED) is 0.574. The van der Waals surface area contributed by atoms with Crippen molar-refractivity contribution in [1.82, 2.24) is 0 Å². The minimum absolute atomic E-state index is 0.311. The van der Waals surface area contributed by atoms with Gasteiger partial charge in [0.05, 0.1) is 19.3 Å². The normalized spacial score (nSPS) is 33.9. The van der Waals surface area contributed by atoms with E-state index in [1.54, 1.807) is 0 Å². The van der Waals surface area contributed by atoms with Gasteiger partial charge in [0.15, 0.2) is 0 Å². The van der Waals surface area contributed by atoms with E-state index in [0.29, 0.717) is 11.5 Å². The molecule has 0 aliphatic carbocycles. The average molecular weight is 298 g/mol. The van der Waals surface area contributed by atoms with Crippen LogP contribution in [0.5, 0.6) is 0 Å². The van der Waals surface area contributed by atoms with Gasteiger partial charge in [-0.05, 0) is 19.8 Å². The van der Waals surface area contributed by atoms with E-state index in [-0.39, 0.29) is 0 Å². The predicted octanol–water partition coefficient (Wildman–Crippen LogP) is 2.64. The summed E-state index contributed by atoms with van der Waals surface area (Å²) in [5.74, 6) is 0. The minimum atomic E-state index is 0.311. The fourth-order valence-corrected chi connectivity index (χ4v) is 2.33. The first-order valence-electron chi connectivity index (χ1n) is 5.01. The maximum Gasteiger partial charge on any atom is 0.0671 e. The van der Waals surface area contributed by atoms with Crippen molar-refractivity contribution in [2.45, 2.75) is 32.8 Å². The molecule has 0 aromatic heterocycles. The van der Waals surface area contributed by atoms with Crippen LogP contribution >= 0.6 is 22.6 Å². The van der Waals surface area contributed by atoms with Crippen molar-refractivity contribution in [2.24, 2.45) is 5.41 Å². The monoisotopic (exact) mass is 298 g/mol. The largest absolute Gasteiger partial charge is 0.381 e. The van der Waals surface area contributed by atoms with Gasteiger partial charge in [-0.2, -0.15) is 0 Å². The summed E-state index contributed by atoms with van der Waals surface area (Å²) in [6, 6.07) is 0. The average Bonchev–Trinajstić information content (AvgIpc) is 2.59. The highest BCUT2D eigenvalue weighted by atomic mass is 127. The molecule has 0 amide bonds. The minimum Gasteiger partial charge on any atom is -0.381 e. The standard InChI is InChI=1S/C10H19IO2/c1-3-10(7-12-4-2)5-9(6-11)13-8-10/h9H,3-8H2,1-2H3. The number of hydrogen-bond donors (Lipinski definition) is 0. The van der Waals surface area contributed by atoms with Gasteiger partial charge in [-0.25, -0.2) is 0 Å². The van der Waals surface area contributed by atoms with Crippen molar-refractivity contribution >= 4 is 22.6 Å². The van der Waals surface area contributed by atoms with Crippen molar-refractivity contribution in [1.29, 1.82) is 0 Å². The van der Waals surface area contributed by atoms with Gasteiger partial charge in [0.25, 0.3) is 0 Å². The molecule has 2 nitrogen and oxygen atoms in total. The Kier molecular flexibility index (Phi) is 4.97. The highest BCUT2D eigenvalue weighted by Gasteiger charge is 2.38. The molecular formula is C10H19IO2. The van der Waals surface area contributed by atoms with E-state index in [1.165, 1.54) is 12.8 Å². The van der Waals surface area contributed by atoms with Crippen molar-refractivity contribution in [2.75, 3.05) is 24.2 Å². The third kappa shape index (κ3) is 3.06. The summed E-state index contributed by atoms with van der Waals surface area (Å²) in [7, 11) is 0. The van der Waals surface area contributed by atoms with Crippen molar-refractivity contribution in [3.8, 4) is 0 Å². The van der Waals surface area contributed by atoms with E-state index in [2.05, 4.69) is 36.4 Å². The summed E-state index contributed by atoms with van der Waals surface area (Å²) in [6.45, 7) is 6.86. The van der Waals surface area contributed by atoms with E-state index in [1.807, 2.05) is 0 Å². The molecule has 3 heteroatoms. The molecule has 1 saturated heterocycles. The van der Waals surface area contributed by atoms with Gasteiger partial charge in [-0.15, -0.1) is 0 Å². The lowest BCUT2D eigenvalue weighted by atomic mass is 9.84. The molecule has 0 radical (unpaired) electrons. The molecule has 0 N–H and O–H groups in total. The summed E-state index contributed by atoms with van der Waals surface area (Å²) in [5.41, 5.74) is 0.311. The third-order valence-electron chi connectivity index (χ3n) is 2.82. The first-order valence-corrected chi connectivity index (χ1v) is 6.54. The number of halogens is 1. The van der Waals surface area contributed by atoms with Gasteiger partial charge in [0.1, 0.15) is 0 Å². The Bertz CT molecular complexity index is 152. The first-order chi connectivity index (χ1) is 6.26. The summed E-state index contributed by atoms with van der Waals surface area (Å²) in [5, 5.41) is 0. The third-order valence-corrected chi connectivity index (χ3v) is 3.80. The van der Waals surface area contributed by atoms with Crippen LogP contribution in [0.2, 0.25) is 0 Å². The van der Waals surface area contributed by atoms with E-state index in [0.717, 1.165) is 24.2 Å². The van der Waals surface area contributed by atoms with Gasteiger partial charge < -0.3 is 9.47 Å². The van der Waals surface area contributed by atoms with E-state index >= 15 is 0 Å². The Morgan fingerprint density at radius 3 is 2.77 bits per heavy atom. The SMILES string of the molecule is CCOCC1(CC)COC(CI)C1. The number of rotatable bonds is 5. The molecule has 2 atom stereocenters. The van der Waals surface area contributed by atoms with Gasteiger partial charge in [-0.1, -0.05) is 29.5 Å². The smallest absolute Gasteiger partial charge is 0.0671 e. The van der Waals surface area contributed by atoms with Crippen LogP contribution < -0.4 is 0 Å². The highest BCUT2D eigenvalue weighted by Crippen LogP contribution is 2.36. The van der Waals surface area contributed by atoms with Crippen molar-refractivity contribution in [3.63, 3.8) is 0 Å². The van der Waals surface area contributed by atoms with Gasteiger partial charge >= 0.3 is 0 Å². The first kappa shape index (κ1) is 11.7. The van der Waals surface area contributed by atoms with Crippen LogP contribution in [0.1, 0.15) is 26.7 Å². The van der Waals surface area contributed by atoms with Crippen LogP contribution in [0.3, 0.4) is 0 Å². The zero-order valence-electron chi connectivity index (χ0n) is 8.51. The summed E-state index contributed by atoms with van der Waals surface area (Å²) >= 11 is 2.39. The zero-order chi connectivity index (χ0) is 9.73. The topological polar surface area (TPSA) is 18.5 Å². The lowest BCUT2D eigenvalue weighted by Gasteiger charge is -2.25.